The van der Waals surface area contributed by atoms with E-state index in [1.165, 1.54) is 11.3 Å². The summed E-state index contributed by atoms with van der Waals surface area (Å²) in [6.07, 6.45) is 0. The summed E-state index contributed by atoms with van der Waals surface area (Å²) in [5, 5.41) is 6.47. The van der Waals surface area contributed by atoms with Crippen LogP contribution in [0.15, 0.2) is 60.0 Å². The average molecular weight is 337 g/mol. The summed E-state index contributed by atoms with van der Waals surface area (Å²) in [5.74, 6) is 0. The summed E-state index contributed by atoms with van der Waals surface area (Å²) in [7, 11) is 0. The summed E-state index contributed by atoms with van der Waals surface area (Å²) < 4.78 is 0. The lowest BCUT2D eigenvalue weighted by molar-refractivity contribution is 0.866. The zero-order chi connectivity index (χ0) is 16.8. The van der Waals surface area contributed by atoms with Gasteiger partial charge in [-0.1, -0.05) is 42.5 Å². The fraction of sp³-hybridized carbons (Fsp3) is 0.250. The molecule has 0 aliphatic carbocycles. The Labute approximate surface area is 148 Å². The minimum atomic E-state index is 0.800. The van der Waals surface area contributed by atoms with Crippen LogP contribution < -0.4 is 10.2 Å². The van der Waals surface area contributed by atoms with E-state index >= 15 is 0 Å². The number of rotatable bonds is 7. The molecule has 0 atom stereocenters. The van der Waals surface area contributed by atoms with Crippen LogP contribution in [-0.2, 0) is 6.54 Å². The number of benzene rings is 2. The van der Waals surface area contributed by atoms with E-state index in [1.54, 1.807) is 11.3 Å². The van der Waals surface area contributed by atoms with Gasteiger partial charge < -0.3 is 10.2 Å². The fourth-order valence-electron chi connectivity index (χ4n) is 2.69. The van der Waals surface area contributed by atoms with Crippen molar-refractivity contribution in [1.29, 1.82) is 0 Å². The minimum Gasteiger partial charge on any atom is -0.372 e. The van der Waals surface area contributed by atoms with E-state index in [4.69, 9.17) is 4.98 Å². The predicted octanol–water partition coefficient (Wildman–Crippen LogP) is 5.27. The largest absolute Gasteiger partial charge is 0.372 e. The highest BCUT2D eigenvalue weighted by atomic mass is 32.1. The molecule has 124 valence electrons. The number of hydrogen-bond acceptors (Lipinski definition) is 4. The van der Waals surface area contributed by atoms with Gasteiger partial charge in [-0.2, -0.15) is 0 Å². The van der Waals surface area contributed by atoms with Crippen molar-refractivity contribution in [2.24, 2.45) is 0 Å². The van der Waals surface area contributed by atoms with Gasteiger partial charge in [0.1, 0.15) is 0 Å². The van der Waals surface area contributed by atoms with Crippen molar-refractivity contribution < 1.29 is 0 Å². The number of nitrogens with zero attached hydrogens (tertiary/aromatic N) is 2. The van der Waals surface area contributed by atoms with Gasteiger partial charge in [-0.25, -0.2) is 4.98 Å². The van der Waals surface area contributed by atoms with Crippen molar-refractivity contribution in [2.45, 2.75) is 20.4 Å². The maximum atomic E-state index is 4.70. The van der Waals surface area contributed by atoms with Gasteiger partial charge in [0.05, 0.1) is 5.69 Å². The maximum absolute atomic E-state index is 4.70. The van der Waals surface area contributed by atoms with Crippen molar-refractivity contribution >= 4 is 22.2 Å². The molecule has 0 saturated carbocycles. The van der Waals surface area contributed by atoms with E-state index < -0.39 is 0 Å². The lowest BCUT2D eigenvalue weighted by atomic mass is 10.1. The molecule has 3 nitrogen and oxygen atoms in total. The molecule has 0 unspecified atom stereocenters. The Bertz CT molecular complexity index is 746. The first-order valence-corrected chi connectivity index (χ1v) is 9.26. The zero-order valence-electron chi connectivity index (χ0n) is 14.2. The van der Waals surface area contributed by atoms with E-state index in [0.29, 0.717) is 0 Å². The molecule has 0 saturated heterocycles. The van der Waals surface area contributed by atoms with E-state index in [0.717, 1.165) is 36.0 Å². The molecule has 1 aromatic heterocycles. The van der Waals surface area contributed by atoms with Crippen molar-refractivity contribution in [3.05, 3.63) is 65.5 Å². The molecule has 4 heteroatoms. The number of hydrogen-bond donors (Lipinski definition) is 1. The molecule has 0 bridgehead atoms. The van der Waals surface area contributed by atoms with Crippen LogP contribution in [0.2, 0.25) is 0 Å². The first-order valence-electron chi connectivity index (χ1n) is 8.39. The zero-order valence-corrected chi connectivity index (χ0v) is 15.0. The topological polar surface area (TPSA) is 28.2 Å². The first kappa shape index (κ1) is 16.5. The Morgan fingerprint density at radius 2 is 1.67 bits per heavy atom. The average Bonchev–Trinajstić information content (AvgIpc) is 3.11. The second-order valence-corrected chi connectivity index (χ2v) is 6.45. The summed E-state index contributed by atoms with van der Waals surface area (Å²) in [4.78, 5) is 7.05. The molecule has 1 heterocycles. The van der Waals surface area contributed by atoms with Crippen LogP contribution in [-0.4, -0.2) is 18.1 Å². The fourth-order valence-corrected chi connectivity index (χ4v) is 3.41. The molecule has 0 aliphatic heterocycles. The Balaban J connectivity index is 1.66. The molecule has 0 aliphatic rings. The third-order valence-corrected chi connectivity index (χ3v) is 4.88. The molecule has 3 aromatic rings. The van der Waals surface area contributed by atoms with E-state index in [9.17, 15) is 0 Å². The lowest BCUT2D eigenvalue weighted by Gasteiger charge is -2.20. The SMILES string of the molecule is CCN(CC)c1ccc(-c2csc(NCc3ccccc3)n2)cc1. The molecule has 0 fully saturated rings. The monoisotopic (exact) mass is 337 g/mol. The smallest absolute Gasteiger partial charge is 0.183 e. The second kappa shape index (κ2) is 7.97. The van der Waals surface area contributed by atoms with Gasteiger partial charge in [-0.05, 0) is 31.5 Å². The summed E-state index contributed by atoms with van der Waals surface area (Å²) >= 11 is 1.65. The molecule has 3 rings (SSSR count). The molecule has 24 heavy (non-hydrogen) atoms. The number of thiazole rings is 1. The molecular weight excluding hydrogens is 314 g/mol. The Kier molecular flexibility index (Phi) is 5.49. The number of aromatic nitrogens is 1. The molecule has 0 radical (unpaired) electrons. The Morgan fingerprint density at radius 3 is 2.33 bits per heavy atom. The maximum Gasteiger partial charge on any atom is 0.183 e. The molecule has 1 N–H and O–H groups in total. The predicted molar refractivity (Wildman–Crippen MR) is 105 cm³/mol. The van der Waals surface area contributed by atoms with Gasteiger partial charge in [0.2, 0.25) is 0 Å². The van der Waals surface area contributed by atoms with Crippen LogP contribution in [0.4, 0.5) is 10.8 Å². The van der Waals surface area contributed by atoms with Gasteiger partial charge in [0.15, 0.2) is 5.13 Å². The Hall–Kier alpha value is -2.33. The van der Waals surface area contributed by atoms with Gasteiger partial charge in [0, 0.05) is 36.3 Å². The summed E-state index contributed by atoms with van der Waals surface area (Å²) in [6.45, 7) is 7.22. The Morgan fingerprint density at radius 1 is 0.958 bits per heavy atom. The van der Waals surface area contributed by atoms with Crippen LogP contribution >= 0.6 is 11.3 Å². The molecule has 2 aromatic carbocycles. The van der Waals surface area contributed by atoms with Crippen molar-refractivity contribution in [3.63, 3.8) is 0 Å². The summed E-state index contributed by atoms with van der Waals surface area (Å²) in [5.41, 5.74) is 4.72. The highest BCUT2D eigenvalue weighted by Gasteiger charge is 2.06. The van der Waals surface area contributed by atoms with Crippen molar-refractivity contribution in [1.82, 2.24) is 4.98 Å². The van der Waals surface area contributed by atoms with E-state index in [2.05, 4.69) is 78.0 Å². The van der Waals surface area contributed by atoms with E-state index in [-0.39, 0.29) is 0 Å². The summed E-state index contributed by atoms with van der Waals surface area (Å²) in [6, 6.07) is 19.1. The van der Waals surface area contributed by atoms with Gasteiger partial charge in [-0.15, -0.1) is 11.3 Å². The molecule has 0 spiro atoms. The second-order valence-electron chi connectivity index (χ2n) is 5.60. The van der Waals surface area contributed by atoms with Gasteiger partial charge >= 0.3 is 0 Å². The minimum absolute atomic E-state index is 0.800. The van der Waals surface area contributed by atoms with Crippen LogP contribution in [0, 0.1) is 0 Å². The van der Waals surface area contributed by atoms with Crippen LogP contribution in [0.3, 0.4) is 0 Å². The normalized spacial score (nSPS) is 10.6. The quantitative estimate of drug-likeness (QED) is 0.637. The molecular formula is C20H23N3S. The third kappa shape index (κ3) is 3.95. The van der Waals surface area contributed by atoms with E-state index in [1.807, 2.05) is 6.07 Å². The highest BCUT2D eigenvalue weighted by Crippen LogP contribution is 2.27. The number of nitrogens with one attached hydrogen (secondary N) is 1. The van der Waals surface area contributed by atoms with Crippen LogP contribution in [0.5, 0.6) is 0 Å². The third-order valence-electron chi connectivity index (χ3n) is 4.08. The molecule has 0 amide bonds. The number of anilines is 2. The van der Waals surface area contributed by atoms with Crippen molar-refractivity contribution in [2.75, 3.05) is 23.3 Å². The lowest BCUT2D eigenvalue weighted by Crippen LogP contribution is -2.21. The standard InChI is InChI=1S/C20H23N3S/c1-3-23(4-2)18-12-10-17(11-13-18)19-15-24-20(22-19)21-14-16-8-6-5-7-9-16/h5-13,15H,3-4,14H2,1-2H3,(H,21,22). The van der Waals surface area contributed by atoms with Gasteiger partial charge in [0.25, 0.3) is 0 Å². The van der Waals surface area contributed by atoms with Crippen LogP contribution in [0.25, 0.3) is 11.3 Å². The van der Waals surface area contributed by atoms with Crippen LogP contribution in [0.1, 0.15) is 19.4 Å². The first-order chi connectivity index (χ1) is 11.8. The highest BCUT2D eigenvalue weighted by molar-refractivity contribution is 7.14. The van der Waals surface area contributed by atoms with Crippen molar-refractivity contribution in [3.8, 4) is 11.3 Å². The van der Waals surface area contributed by atoms with Gasteiger partial charge in [-0.3, -0.25) is 0 Å².